The van der Waals surface area contributed by atoms with Crippen LogP contribution in [0.4, 0.5) is 0 Å². The van der Waals surface area contributed by atoms with Crippen LogP contribution in [0.5, 0.6) is 0 Å². The minimum atomic E-state index is -0.287. The fourth-order valence-electron chi connectivity index (χ4n) is 3.45. The molecule has 0 fully saturated rings. The van der Waals surface area contributed by atoms with Gasteiger partial charge in [0, 0.05) is 30.1 Å². The van der Waals surface area contributed by atoms with Gasteiger partial charge in [-0.3, -0.25) is 4.79 Å². The van der Waals surface area contributed by atoms with Gasteiger partial charge >= 0.3 is 5.97 Å². The Labute approximate surface area is 134 Å². The number of nitrogens with zero attached hydrogens (tertiary/aromatic N) is 1. The van der Waals surface area contributed by atoms with E-state index in [2.05, 4.69) is 35.3 Å². The molecule has 0 radical (unpaired) electrons. The van der Waals surface area contributed by atoms with Crippen LogP contribution in [0.1, 0.15) is 29.8 Å². The number of carbonyl (C=O) groups excluding carboxylic acids is 1. The van der Waals surface area contributed by atoms with Gasteiger partial charge in [-0.2, -0.15) is 0 Å². The second kappa shape index (κ2) is 5.56. The molecule has 0 aliphatic carbocycles. The van der Waals surface area contributed by atoms with E-state index in [1.807, 2.05) is 24.3 Å². The van der Waals surface area contributed by atoms with E-state index < -0.39 is 0 Å². The highest BCUT2D eigenvalue weighted by atomic mass is 16.7. The van der Waals surface area contributed by atoms with Crippen LogP contribution < -0.4 is 0 Å². The first-order valence-electron chi connectivity index (χ1n) is 7.83. The second-order valence-electron chi connectivity index (χ2n) is 5.85. The molecule has 2 aromatic carbocycles. The van der Waals surface area contributed by atoms with Gasteiger partial charge in [0.15, 0.2) is 0 Å². The molecule has 1 aliphatic rings. The Hall–Kier alpha value is -2.59. The molecule has 1 aromatic heterocycles. The molecule has 0 bridgehead atoms. The summed E-state index contributed by atoms with van der Waals surface area (Å²) in [5.74, 6) is -0.287. The lowest BCUT2D eigenvalue weighted by Gasteiger charge is -2.34. The molecule has 4 nitrogen and oxygen atoms in total. The van der Waals surface area contributed by atoms with Gasteiger partial charge < -0.3 is 9.82 Å². The Morgan fingerprint density at radius 3 is 2.65 bits per heavy atom. The van der Waals surface area contributed by atoms with Crippen LogP contribution in [0.15, 0.2) is 54.6 Å². The molecule has 4 heteroatoms. The number of nitrogens with one attached hydrogen (secondary N) is 1. The van der Waals surface area contributed by atoms with Crippen molar-refractivity contribution in [3.05, 3.63) is 71.4 Å². The van der Waals surface area contributed by atoms with Gasteiger partial charge in [0.2, 0.25) is 0 Å². The molecule has 4 rings (SSSR count). The number of fused-ring (bicyclic) bond motifs is 3. The Kier molecular flexibility index (Phi) is 3.39. The largest absolute Gasteiger partial charge is 0.367 e. The first kappa shape index (κ1) is 14.0. The van der Waals surface area contributed by atoms with E-state index in [1.165, 1.54) is 17.9 Å². The van der Waals surface area contributed by atoms with Gasteiger partial charge in [0.05, 0.1) is 0 Å². The summed E-state index contributed by atoms with van der Waals surface area (Å²) in [6.45, 7) is 2.14. The molecule has 0 spiro atoms. The molecular weight excluding hydrogens is 288 g/mol. The molecule has 1 N–H and O–H groups in total. The van der Waals surface area contributed by atoms with Crippen LogP contribution in [-0.4, -0.2) is 22.6 Å². The number of aromatic amines is 1. The molecule has 1 aliphatic heterocycles. The summed E-state index contributed by atoms with van der Waals surface area (Å²) in [6, 6.07) is 18.4. The van der Waals surface area contributed by atoms with E-state index >= 15 is 0 Å². The van der Waals surface area contributed by atoms with E-state index in [1.54, 1.807) is 5.06 Å². The summed E-state index contributed by atoms with van der Waals surface area (Å²) >= 11 is 0. The van der Waals surface area contributed by atoms with Crippen molar-refractivity contribution in [2.75, 3.05) is 6.54 Å². The van der Waals surface area contributed by atoms with E-state index in [4.69, 9.17) is 4.84 Å². The van der Waals surface area contributed by atoms with Crippen LogP contribution in [0, 0.1) is 0 Å². The van der Waals surface area contributed by atoms with Gasteiger partial charge in [-0.25, -0.2) is 0 Å². The predicted molar refractivity (Wildman–Crippen MR) is 88.8 cm³/mol. The summed E-state index contributed by atoms with van der Waals surface area (Å²) in [5, 5.41) is 3.04. The van der Waals surface area contributed by atoms with Gasteiger partial charge in [-0.1, -0.05) is 48.5 Å². The average Bonchev–Trinajstić information content (AvgIpc) is 2.93. The molecule has 2 heterocycles. The highest BCUT2D eigenvalue weighted by Crippen LogP contribution is 2.38. The van der Waals surface area contributed by atoms with Gasteiger partial charge in [-0.05, 0) is 23.6 Å². The number of hydrogen-bond donors (Lipinski definition) is 1. The first-order valence-corrected chi connectivity index (χ1v) is 7.83. The number of hydrogen-bond acceptors (Lipinski definition) is 3. The van der Waals surface area contributed by atoms with Crippen LogP contribution >= 0.6 is 0 Å². The number of aromatic nitrogens is 1. The third-order valence-electron chi connectivity index (χ3n) is 4.35. The Morgan fingerprint density at radius 1 is 1.13 bits per heavy atom. The van der Waals surface area contributed by atoms with Crippen LogP contribution in [0.3, 0.4) is 0 Å². The van der Waals surface area contributed by atoms with Crippen molar-refractivity contribution >= 4 is 16.9 Å². The molecule has 3 aromatic rings. The maximum atomic E-state index is 11.5. The maximum absolute atomic E-state index is 11.5. The summed E-state index contributed by atoms with van der Waals surface area (Å²) in [6.07, 6.45) is 0.857. The van der Waals surface area contributed by atoms with Crippen molar-refractivity contribution in [3.8, 4) is 0 Å². The predicted octanol–water partition coefficient (Wildman–Crippen LogP) is 3.59. The van der Waals surface area contributed by atoms with Crippen molar-refractivity contribution in [1.29, 1.82) is 0 Å². The fourth-order valence-corrected chi connectivity index (χ4v) is 3.45. The summed E-state index contributed by atoms with van der Waals surface area (Å²) in [4.78, 5) is 20.5. The third kappa shape index (κ3) is 2.41. The van der Waals surface area contributed by atoms with Crippen LogP contribution in [-0.2, 0) is 16.1 Å². The summed E-state index contributed by atoms with van der Waals surface area (Å²) < 4.78 is 0. The Balaban J connectivity index is 1.88. The first-order chi connectivity index (χ1) is 11.2. The van der Waals surface area contributed by atoms with Crippen molar-refractivity contribution < 1.29 is 9.63 Å². The van der Waals surface area contributed by atoms with Gasteiger partial charge in [0.25, 0.3) is 0 Å². The van der Waals surface area contributed by atoms with Crippen molar-refractivity contribution in [1.82, 2.24) is 10.0 Å². The molecule has 0 saturated carbocycles. The normalized spacial score (nSPS) is 17.9. The highest BCUT2D eigenvalue weighted by Gasteiger charge is 2.33. The lowest BCUT2D eigenvalue weighted by atomic mass is 9.94. The number of benzene rings is 2. The zero-order chi connectivity index (χ0) is 15.8. The zero-order valence-corrected chi connectivity index (χ0v) is 13.0. The number of rotatable bonds is 2. The topological polar surface area (TPSA) is 45.3 Å². The molecule has 116 valence electrons. The van der Waals surface area contributed by atoms with Crippen LogP contribution in [0.2, 0.25) is 0 Å². The lowest BCUT2D eigenvalue weighted by molar-refractivity contribution is -0.198. The van der Waals surface area contributed by atoms with E-state index in [9.17, 15) is 4.79 Å². The maximum Gasteiger partial charge on any atom is 0.322 e. The van der Waals surface area contributed by atoms with E-state index in [0.717, 1.165) is 23.2 Å². The molecular formula is C19H18N2O2. The molecule has 1 unspecified atom stereocenters. The van der Waals surface area contributed by atoms with Crippen LogP contribution in [0.25, 0.3) is 10.9 Å². The summed E-state index contributed by atoms with van der Waals surface area (Å²) in [5.41, 5.74) is 4.67. The Morgan fingerprint density at radius 2 is 1.87 bits per heavy atom. The summed E-state index contributed by atoms with van der Waals surface area (Å²) in [7, 11) is 0. The Bertz CT molecular complexity index is 854. The monoisotopic (exact) mass is 306 g/mol. The van der Waals surface area contributed by atoms with E-state index in [-0.39, 0.29) is 12.0 Å². The van der Waals surface area contributed by atoms with Crippen molar-refractivity contribution in [2.45, 2.75) is 19.4 Å². The standard InChI is InChI=1S/C19H18N2O2/c1-13(22)23-21-12-11-16-15-9-5-6-10-17(15)20-18(16)19(21)14-7-3-2-4-8-14/h2-10,19-20H,11-12H2,1H3. The number of carbonyl (C=O) groups is 1. The van der Waals surface area contributed by atoms with Crippen molar-refractivity contribution in [3.63, 3.8) is 0 Å². The second-order valence-corrected chi connectivity index (χ2v) is 5.85. The number of para-hydroxylation sites is 1. The molecule has 1 atom stereocenters. The van der Waals surface area contributed by atoms with Gasteiger partial charge in [-0.15, -0.1) is 5.06 Å². The highest BCUT2D eigenvalue weighted by molar-refractivity contribution is 5.85. The average molecular weight is 306 g/mol. The van der Waals surface area contributed by atoms with Gasteiger partial charge in [0.1, 0.15) is 6.04 Å². The molecule has 23 heavy (non-hydrogen) atoms. The number of hydroxylamine groups is 2. The SMILES string of the molecule is CC(=O)ON1CCc2c([nH]c3ccccc23)C1c1ccccc1. The molecule has 0 amide bonds. The minimum absolute atomic E-state index is 0.101. The van der Waals surface area contributed by atoms with E-state index in [0.29, 0.717) is 6.54 Å². The van der Waals surface area contributed by atoms with Crippen molar-refractivity contribution in [2.24, 2.45) is 0 Å². The molecule has 0 saturated heterocycles. The quantitative estimate of drug-likeness (QED) is 0.787. The fraction of sp³-hybridized carbons (Fsp3) is 0.211. The number of H-pyrrole nitrogens is 1. The minimum Gasteiger partial charge on any atom is -0.367 e. The third-order valence-corrected chi connectivity index (χ3v) is 4.35. The zero-order valence-electron chi connectivity index (χ0n) is 13.0. The smallest absolute Gasteiger partial charge is 0.322 e. The lowest BCUT2D eigenvalue weighted by Crippen LogP contribution is -2.37.